The fourth-order valence-electron chi connectivity index (χ4n) is 5.11. The quantitative estimate of drug-likeness (QED) is 0.465. The first-order valence-corrected chi connectivity index (χ1v) is 11.7. The van der Waals surface area contributed by atoms with Crippen LogP contribution in [0.3, 0.4) is 0 Å². The number of rotatable bonds is 4. The van der Waals surface area contributed by atoms with E-state index >= 15 is 0 Å². The van der Waals surface area contributed by atoms with Gasteiger partial charge in [0, 0.05) is 36.7 Å². The molecule has 33 heavy (non-hydrogen) atoms. The lowest BCUT2D eigenvalue weighted by molar-refractivity contribution is 0.0688. The minimum atomic E-state index is -0.248. The largest absolute Gasteiger partial charge is 0.337 e. The van der Waals surface area contributed by atoms with Gasteiger partial charge in [0.15, 0.2) is 0 Å². The second-order valence-electron chi connectivity index (χ2n) is 9.16. The number of carbonyl (C=O) groups is 1. The third-order valence-electron chi connectivity index (χ3n) is 7.14. The van der Waals surface area contributed by atoms with Crippen molar-refractivity contribution in [3.63, 3.8) is 0 Å². The standard InChI is InChI=1S/C26H26FN5O/c27-19-9-10-24-22(15-19)28-25(18-7-4-8-18)32(24)20-11-13-31(14-12-20)26(33)23-16-21(29-30-23)17-5-2-1-3-6-17/h1-3,5-6,9-10,15-16,18,20H,4,7-8,11-14H2,(H,29,30). The van der Waals surface area contributed by atoms with Crippen LogP contribution in [0.2, 0.25) is 0 Å². The highest BCUT2D eigenvalue weighted by atomic mass is 19.1. The summed E-state index contributed by atoms with van der Waals surface area (Å²) in [4.78, 5) is 19.8. The van der Waals surface area contributed by atoms with Crippen LogP contribution in [0, 0.1) is 5.82 Å². The van der Waals surface area contributed by atoms with Crippen molar-refractivity contribution >= 4 is 16.9 Å². The molecule has 168 valence electrons. The van der Waals surface area contributed by atoms with Gasteiger partial charge in [-0.15, -0.1) is 0 Å². The van der Waals surface area contributed by atoms with E-state index in [9.17, 15) is 9.18 Å². The molecule has 2 aromatic heterocycles. The van der Waals surface area contributed by atoms with Crippen LogP contribution in [0.25, 0.3) is 22.3 Å². The van der Waals surface area contributed by atoms with Gasteiger partial charge in [0.25, 0.3) is 5.91 Å². The second-order valence-corrected chi connectivity index (χ2v) is 9.16. The van der Waals surface area contributed by atoms with Crippen molar-refractivity contribution in [1.29, 1.82) is 0 Å². The number of aromatic nitrogens is 4. The van der Waals surface area contributed by atoms with Crippen molar-refractivity contribution in [2.45, 2.75) is 44.1 Å². The van der Waals surface area contributed by atoms with Gasteiger partial charge in [-0.3, -0.25) is 9.89 Å². The molecule has 1 amide bonds. The van der Waals surface area contributed by atoms with Crippen LogP contribution in [0.4, 0.5) is 4.39 Å². The van der Waals surface area contributed by atoms with E-state index in [1.54, 1.807) is 0 Å². The molecule has 7 heteroatoms. The summed E-state index contributed by atoms with van der Waals surface area (Å²) in [6.45, 7) is 1.35. The predicted molar refractivity (Wildman–Crippen MR) is 124 cm³/mol. The van der Waals surface area contributed by atoms with E-state index in [0.717, 1.165) is 53.8 Å². The zero-order chi connectivity index (χ0) is 22.4. The number of aromatic amines is 1. The normalized spacial score (nSPS) is 17.4. The SMILES string of the molecule is O=C(c1cc(-c2ccccc2)n[nH]1)N1CCC(n2c(C3CCC3)nc3cc(F)ccc32)CC1. The van der Waals surface area contributed by atoms with E-state index in [4.69, 9.17) is 4.98 Å². The summed E-state index contributed by atoms with van der Waals surface area (Å²) in [5.41, 5.74) is 4.02. The van der Waals surface area contributed by atoms with Gasteiger partial charge in [-0.25, -0.2) is 9.37 Å². The number of H-pyrrole nitrogens is 1. The van der Waals surface area contributed by atoms with Crippen molar-refractivity contribution in [3.05, 3.63) is 71.9 Å². The number of hydrogen-bond acceptors (Lipinski definition) is 3. The Bertz CT molecular complexity index is 1300. The van der Waals surface area contributed by atoms with E-state index in [1.165, 1.54) is 18.6 Å². The Labute approximate surface area is 191 Å². The lowest BCUT2D eigenvalue weighted by atomic mass is 9.84. The maximum Gasteiger partial charge on any atom is 0.271 e. The Balaban J connectivity index is 1.20. The molecule has 1 saturated heterocycles. The van der Waals surface area contributed by atoms with Gasteiger partial charge in [0.1, 0.15) is 17.3 Å². The van der Waals surface area contributed by atoms with Crippen molar-refractivity contribution in [2.75, 3.05) is 13.1 Å². The van der Waals surface area contributed by atoms with Crippen molar-refractivity contribution in [2.24, 2.45) is 0 Å². The number of imidazole rings is 1. The molecule has 2 aliphatic rings. The first-order chi connectivity index (χ1) is 16.2. The van der Waals surface area contributed by atoms with Gasteiger partial charge in [0.05, 0.1) is 16.7 Å². The number of piperidine rings is 1. The number of likely N-dealkylation sites (tertiary alicyclic amines) is 1. The number of amides is 1. The third kappa shape index (κ3) is 3.61. The Morgan fingerprint density at radius 1 is 1.00 bits per heavy atom. The van der Waals surface area contributed by atoms with Gasteiger partial charge in [-0.05, 0) is 43.9 Å². The molecule has 6 nitrogen and oxygen atoms in total. The molecular formula is C26H26FN5O. The first kappa shape index (κ1) is 20.1. The molecule has 0 atom stereocenters. The van der Waals surface area contributed by atoms with Crippen molar-refractivity contribution in [1.82, 2.24) is 24.6 Å². The predicted octanol–water partition coefficient (Wildman–Crippen LogP) is 5.31. The van der Waals surface area contributed by atoms with Crippen LogP contribution in [0.5, 0.6) is 0 Å². The summed E-state index contributed by atoms with van der Waals surface area (Å²) in [6, 6.07) is 16.9. The fraction of sp³-hybridized carbons (Fsp3) is 0.346. The zero-order valence-electron chi connectivity index (χ0n) is 18.4. The number of carbonyl (C=O) groups excluding carboxylic acids is 1. The molecule has 2 fully saturated rings. The van der Waals surface area contributed by atoms with Gasteiger partial charge >= 0.3 is 0 Å². The molecule has 4 aromatic rings. The fourth-order valence-corrected chi connectivity index (χ4v) is 5.11. The van der Waals surface area contributed by atoms with Crippen molar-refractivity contribution < 1.29 is 9.18 Å². The van der Waals surface area contributed by atoms with Crippen LogP contribution in [0.1, 0.15) is 60.4 Å². The summed E-state index contributed by atoms with van der Waals surface area (Å²) < 4.78 is 16.2. The van der Waals surface area contributed by atoms with Crippen LogP contribution in [-0.2, 0) is 0 Å². The van der Waals surface area contributed by atoms with Crippen LogP contribution < -0.4 is 0 Å². The van der Waals surface area contributed by atoms with Crippen LogP contribution in [0.15, 0.2) is 54.6 Å². The topological polar surface area (TPSA) is 66.8 Å². The number of hydrogen-bond donors (Lipinski definition) is 1. The summed E-state index contributed by atoms with van der Waals surface area (Å²) in [6.07, 6.45) is 5.23. The molecule has 1 N–H and O–H groups in total. The lowest BCUT2D eigenvalue weighted by Crippen LogP contribution is -2.39. The molecule has 3 heterocycles. The number of benzene rings is 2. The smallest absolute Gasteiger partial charge is 0.271 e. The molecule has 0 spiro atoms. The summed E-state index contributed by atoms with van der Waals surface area (Å²) >= 11 is 0. The zero-order valence-corrected chi connectivity index (χ0v) is 18.4. The van der Waals surface area contributed by atoms with E-state index in [-0.39, 0.29) is 17.8 Å². The molecule has 1 aliphatic carbocycles. The molecule has 0 bridgehead atoms. The summed E-state index contributed by atoms with van der Waals surface area (Å²) in [5, 5.41) is 7.25. The molecule has 0 unspecified atom stereocenters. The monoisotopic (exact) mass is 443 g/mol. The molecule has 1 aliphatic heterocycles. The van der Waals surface area contributed by atoms with E-state index < -0.39 is 0 Å². The van der Waals surface area contributed by atoms with Crippen molar-refractivity contribution in [3.8, 4) is 11.3 Å². The Morgan fingerprint density at radius 3 is 2.52 bits per heavy atom. The van der Waals surface area contributed by atoms with E-state index in [0.29, 0.717) is 24.7 Å². The van der Waals surface area contributed by atoms with Crippen LogP contribution in [-0.4, -0.2) is 43.6 Å². The Hall–Kier alpha value is -3.48. The van der Waals surface area contributed by atoms with Gasteiger partial charge < -0.3 is 9.47 Å². The average Bonchev–Trinajstić information content (AvgIpc) is 3.43. The average molecular weight is 444 g/mol. The molecule has 0 radical (unpaired) electrons. The highest BCUT2D eigenvalue weighted by Crippen LogP contribution is 2.40. The number of nitrogens with one attached hydrogen (secondary N) is 1. The third-order valence-corrected chi connectivity index (χ3v) is 7.14. The number of nitrogens with zero attached hydrogens (tertiary/aromatic N) is 4. The van der Waals surface area contributed by atoms with Gasteiger partial charge in [0.2, 0.25) is 0 Å². The van der Waals surface area contributed by atoms with E-state index in [2.05, 4.69) is 14.8 Å². The van der Waals surface area contributed by atoms with Gasteiger partial charge in [-0.1, -0.05) is 36.8 Å². The molecule has 6 rings (SSSR count). The second kappa shape index (κ2) is 8.14. The van der Waals surface area contributed by atoms with Gasteiger partial charge in [-0.2, -0.15) is 5.10 Å². The molecule has 2 aromatic carbocycles. The summed E-state index contributed by atoms with van der Waals surface area (Å²) in [5.74, 6) is 1.29. The maximum absolute atomic E-state index is 13.8. The minimum absolute atomic E-state index is 0.0140. The Morgan fingerprint density at radius 2 is 1.79 bits per heavy atom. The van der Waals surface area contributed by atoms with Crippen LogP contribution >= 0.6 is 0 Å². The maximum atomic E-state index is 13.8. The molecule has 1 saturated carbocycles. The minimum Gasteiger partial charge on any atom is -0.337 e. The summed E-state index contributed by atoms with van der Waals surface area (Å²) in [7, 11) is 0. The highest BCUT2D eigenvalue weighted by molar-refractivity contribution is 5.93. The number of halogens is 1. The first-order valence-electron chi connectivity index (χ1n) is 11.7. The lowest BCUT2D eigenvalue weighted by Gasteiger charge is -2.35. The van der Waals surface area contributed by atoms with E-state index in [1.807, 2.05) is 47.4 Å². The number of fused-ring (bicyclic) bond motifs is 1. The molecular weight excluding hydrogens is 417 g/mol. The Kier molecular flexibility index (Phi) is 4.97. The highest BCUT2D eigenvalue weighted by Gasteiger charge is 2.32.